The van der Waals surface area contributed by atoms with E-state index in [9.17, 15) is 0 Å². The van der Waals surface area contributed by atoms with Crippen molar-refractivity contribution >= 4 is 6.34 Å². The molecular weight excluding hydrogens is 162 g/mol. The van der Waals surface area contributed by atoms with Gasteiger partial charge in [0, 0.05) is 12.1 Å². The predicted octanol–water partition coefficient (Wildman–Crippen LogP) is 2.05. The molecule has 0 N–H and O–H groups in total. The van der Waals surface area contributed by atoms with Gasteiger partial charge in [-0.15, -0.1) is 0 Å². The lowest BCUT2D eigenvalue weighted by Gasteiger charge is -2.23. The Kier molecular flexibility index (Phi) is 2.17. The van der Waals surface area contributed by atoms with Gasteiger partial charge < -0.3 is 0 Å². The van der Waals surface area contributed by atoms with Crippen LogP contribution in [0.1, 0.15) is 38.3 Å². The van der Waals surface area contributed by atoms with Crippen molar-refractivity contribution in [3.8, 4) is 0 Å². The molecule has 2 rings (SSSR count). The van der Waals surface area contributed by atoms with Crippen LogP contribution in [0.2, 0.25) is 0 Å². The average molecular weight is 177 g/mol. The third-order valence-corrected chi connectivity index (χ3v) is 2.70. The minimum atomic E-state index is 0.453. The highest BCUT2D eigenvalue weighted by molar-refractivity contribution is 5.60. The molecule has 2 unspecified atom stereocenters. The lowest BCUT2D eigenvalue weighted by Crippen LogP contribution is -2.23. The van der Waals surface area contributed by atoms with Crippen LogP contribution < -0.4 is 0 Å². The van der Waals surface area contributed by atoms with Gasteiger partial charge in [0.25, 0.3) is 0 Å². The van der Waals surface area contributed by atoms with Gasteiger partial charge in [0.15, 0.2) is 0 Å². The molecule has 0 bridgehead atoms. The first kappa shape index (κ1) is 8.48. The Bertz CT molecular complexity index is 314. The van der Waals surface area contributed by atoms with E-state index >= 15 is 0 Å². The summed E-state index contributed by atoms with van der Waals surface area (Å²) in [6.45, 7) is 4.43. The largest absolute Gasteiger partial charge is 0.269 e. The van der Waals surface area contributed by atoms with E-state index in [-0.39, 0.29) is 0 Å². The molecule has 0 saturated carbocycles. The number of hydrogen-bond acceptors (Lipinski definition) is 2. The third kappa shape index (κ3) is 1.39. The second kappa shape index (κ2) is 3.32. The Morgan fingerprint density at radius 1 is 1.54 bits per heavy atom. The predicted molar refractivity (Wildman–Crippen MR) is 53.2 cm³/mol. The highest BCUT2D eigenvalue weighted by atomic mass is 15.3. The molecule has 1 aliphatic heterocycles. The summed E-state index contributed by atoms with van der Waals surface area (Å²) >= 11 is 0. The van der Waals surface area contributed by atoms with Gasteiger partial charge in [0.2, 0.25) is 0 Å². The summed E-state index contributed by atoms with van der Waals surface area (Å²) in [5.41, 5.74) is 1.29. The number of fused-ring (bicyclic) bond motifs is 1. The highest BCUT2D eigenvalue weighted by Crippen LogP contribution is 2.26. The van der Waals surface area contributed by atoms with Crippen LogP contribution in [0.25, 0.3) is 0 Å². The number of nitrogens with zero attached hydrogens (tertiary/aromatic N) is 3. The number of rotatable bonds is 2. The van der Waals surface area contributed by atoms with E-state index in [2.05, 4.69) is 30.0 Å². The summed E-state index contributed by atoms with van der Waals surface area (Å²) in [7, 11) is 0. The molecule has 1 aromatic rings. The third-order valence-electron chi connectivity index (χ3n) is 2.70. The Morgan fingerprint density at radius 3 is 3.15 bits per heavy atom. The lowest BCUT2D eigenvalue weighted by molar-refractivity contribution is 0.494. The van der Waals surface area contributed by atoms with Crippen LogP contribution in [0, 0.1) is 0 Å². The molecule has 0 fully saturated rings. The highest BCUT2D eigenvalue weighted by Gasteiger charge is 2.23. The van der Waals surface area contributed by atoms with Crippen LogP contribution in [0.5, 0.6) is 0 Å². The van der Waals surface area contributed by atoms with E-state index in [0.717, 1.165) is 0 Å². The van der Waals surface area contributed by atoms with Crippen LogP contribution in [-0.4, -0.2) is 22.2 Å². The van der Waals surface area contributed by atoms with Gasteiger partial charge in [-0.25, -0.2) is 4.68 Å². The monoisotopic (exact) mass is 177 g/mol. The van der Waals surface area contributed by atoms with Gasteiger partial charge in [0.1, 0.15) is 6.34 Å². The van der Waals surface area contributed by atoms with Crippen LogP contribution in [0.4, 0.5) is 0 Å². The van der Waals surface area contributed by atoms with Gasteiger partial charge in [-0.2, -0.15) is 5.10 Å². The summed E-state index contributed by atoms with van der Waals surface area (Å²) in [6, 6.07) is 2.53. The molecule has 70 valence electrons. The second-order valence-electron chi connectivity index (χ2n) is 3.61. The minimum Gasteiger partial charge on any atom is -0.269 e. The first-order chi connectivity index (χ1) is 6.33. The van der Waals surface area contributed by atoms with Crippen LogP contribution in [-0.2, 0) is 0 Å². The Balaban J connectivity index is 2.25. The standard InChI is InChI=1S/C10H15N3/c1-3-4-9-8(2)10-5-6-12-13(10)7-11-9/h5-9H,3-4H2,1-2H3. The molecule has 0 aliphatic carbocycles. The SMILES string of the molecule is CCCC1N=Cn2nccc2C1C. The molecule has 3 nitrogen and oxygen atoms in total. The second-order valence-corrected chi connectivity index (χ2v) is 3.61. The molecule has 2 atom stereocenters. The topological polar surface area (TPSA) is 30.2 Å². The summed E-state index contributed by atoms with van der Waals surface area (Å²) < 4.78 is 1.87. The van der Waals surface area contributed by atoms with E-state index < -0.39 is 0 Å². The fraction of sp³-hybridized carbons (Fsp3) is 0.600. The lowest BCUT2D eigenvalue weighted by atomic mass is 9.94. The minimum absolute atomic E-state index is 0.453. The quantitative estimate of drug-likeness (QED) is 0.680. The van der Waals surface area contributed by atoms with Crippen molar-refractivity contribution in [3.05, 3.63) is 18.0 Å². The Labute approximate surface area is 78.5 Å². The first-order valence-electron chi connectivity index (χ1n) is 4.89. The Hall–Kier alpha value is -1.12. The molecule has 0 amide bonds. The van der Waals surface area contributed by atoms with Crippen LogP contribution >= 0.6 is 0 Å². The smallest absolute Gasteiger partial charge is 0.112 e. The van der Waals surface area contributed by atoms with E-state index in [4.69, 9.17) is 0 Å². The van der Waals surface area contributed by atoms with Gasteiger partial charge in [0.05, 0.1) is 11.7 Å². The average Bonchev–Trinajstić information content (AvgIpc) is 2.58. The van der Waals surface area contributed by atoms with E-state index in [0.29, 0.717) is 12.0 Å². The van der Waals surface area contributed by atoms with Crippen molar-refractivity contribution in [1.82, 2.24) is 9.78 Å². The van der Waals surface area contributed by atoms with Gasteiger partial charge in [-0.1, -0.05) is 20.3 Å². The zero-order valence-electron chi connectivity index (χ0n) is 8.14. The number of hydrogen-bond donors (Lipinski definition) is 0. The van der Waals surface area contributed by atoms with Crippen molar-refractivity contribution in [2.45, 2.75) is 38.6 Å². The van der Waals surface area contributed by atoms with Crippen molar-refractivity contribution in [3.63, 3.8) is 0 Å². The zero-order chi connectivity index (χ0) is 9.26. The zero-order valence-corrected chi connectivity index (χ0v) is 8.14. The van der Waals surface area contributed by atoms with Gasteiger partial charge >= 0.3 is 0 Å². The maximum absolute atomic E-state index is 4.49. The van der Waals surface area contributed by atoms with Crippen molar-refractivity contribution in [2.24, 2.45) is 4.99 Å². The van der Waals surface area contributed by atoms with Crippen LogP contribution in [0.15, 0.2) is 17.3 Å². The van der Waals surface area contributed by atoms with Gasteiger partial charge in [-0.3, -0.25) is 4.99 Å². The molecule has 2 heterocycles. The van der Waals surface area contributed by atoms with Gasteiger partial charge in [-0.05, 0) is 12.5 Å². The summed E-state index contributed by atoms with van der Waals surface area (Å²) in [5, 5.41) is 4.17. The van der Waals surface area contributed by atoms with E-state index in [1.54, 1.807) is 0 Å². The molecular formula is C10H15N3. The molecule has 13 heavy (non-hydrogen) atoms. The summed E-state index contributed by atoms with van der Waals surface area (Å²) in [6.07, 6.45) is 6.05. The molecule has 0 saturated heterocycles. The summed E-state index contributed by atoms with van der Waals surface area (Å²) in [4.78, 5) is 4.49. The molecule has 3 heteroatoms. The first-order valence-corrected chi connectivity index (χ1v) is 4.89. The normalized spacial score (nSPS) is 26.0. The molecule has 1 aromatic heterocycles. The Morgan fingerprint density at radius 2 is 2.38 bits per heavy atom. The maximum Gasteiger partial charge on any atom is 0.112 e. The fourth-order valence-corrected chi connectivity index (χ4v) is 1.88. The molecule has 1 aliphatic rings. The van der Waals surface area contributed by atoms with E-state index in [1.807, 2.05) is 17.2 Å². The number of aromatic nitrogens is 2. The molecule has 0 aromatic carbocycles. The number of aliphatic imine (C=N–C) groups is 1. The molecule has 0 radical (unpaired) electrons. The van der Waals surface area contributed by atoms with Crippen molar-refractivity contribution < 1.29 is 0 Å². The molecule has 0 spiro atoms. The van der Waals surface area contributed by atoms with Crippen LogP contribution in [0.3, 0.4) is 0 Å². The maximum atomic E-state index is 4.49. The fourth-order valence-electron chi connectivity index (χ4n) is 1.88. The van der Waals surface area contributed by atoms with E-state index in [1.165, 1.54) is 18.5 Å². The van der Waals surface area contributed by atoms with Crippen molar-refractivity contribution in [1.29, 1.82) is 0 Å². The summed E-state index contributed by atoms with van der Waals surface area (Å²) in [5.74, 6) is 0.507. The van der Waals surface area contributed by atoms with Crippen molar-refractivity contribution in [2.75, 3.05) is 0 Å².